The molecule has 2 aromatic rings. The summed E-state index contributed by atoms with van der Waals surface area (Å²) in [6, 6.07) is 5.48. The van der Waals surface area contributed by atoms with Gasteiger partial charge in [0.1, 0.15) is 11.4 Å². The maximum Gasteiger partial charge on any atom is 0.227 e. The van der Waals surface area contributed by atoms with Gasteiger partial charge in [-0.3, -0.25) is 4.79 Å². The van der Waals surface area contributed by atoms with Crippen molar-refractivity contribution in [1.82, 2.24) is 20.2 Å². The van der Waals surface area contributed by atoms with Crippen LogP contribution in [-0.4, -0.2) is 33.2 Å². The average Bonchev–Trinajstić information content (AvgIpc) is 3.01. The van der Waals surface area contributed by atoms with Crippen LogP contribution in [0, 0.1) is 12.8 Å². The molecule has 7 heteroatoms. The van der Waals surface area contributed by atoms with E-state index in [2.05, 4.69) is 20.8 Å². The number of ether oxygens (including phenoxy) is 1. The van der Waals surface area contributed by atoms with Crippen molar-refractivity contribution in [3.05, 3.63) is 24.0 Å². The van der Waals surface area contributed by atoms with Gasteiger partial charge in [-0.15, -0.1) is 5.10 Å². The molecule has 1 N–H and O–H groups in total. The molecule has 1 aromatic heterocycles. The predicted octanol–water partition coefficient (Wildman–Crippen LogP) is 2.50. The minimum atomic E-state index is 0.0919. The zero-order valence-corrected chi connectivity index (χ0v) is 13.5. The zero-order valence-electron chi connectivity index (χ0n) is 13.5. The van der Waals surface area contributed by atoms with Gasteiger partial charge in [0.2, 0.25) is 5.91 Å². The molecule has 122 valence electrons. The predicted molar refractivity (Wildman–Crippen MR) is 85.6 cm³/mol. The van der Waals surface area contributed by atoms with Gasteiger partial charge in [0, 0.05) is 11.6 Å². The molecular weight excluding hydrogens is 294 g/mol. The lowest BCUT2D eigenvalue weighted by molar-refractivity contribution is -0.120. The van der Waals surface area contributed by atoms with Crippen LogP contribution in [0.15, 0.2) is 18.2 Å². The highest BCUT2D eigenvalue weighted by atomic mass is 16.5. The summed E-state index contributed by atoms with van der Waals surface area (Å²) in [5.74, 6) is 1.51. The first-order valence-corrected chi connectivity index (χ1v) is 7.93. The first-order chi connectivity index (χ1) is 11.2. The Balaban J connectivity index is 1.83. The molecule has 3 rings (SSSR count). The Hall–Kier alpha value is -2.44. The third kappa shape index (κ3) is 3.33. The first-order valence-electron chi connectivity index (χ1n) is 7.93. The zero-order chi connectivity index (χ0) is 16.2. The van der Waals surface area contributed by atoms with Crippen LogP contribution >= 0.6 is 0 Å². The highest BCUT2D eigenvalue weighted by molar-refractivity contribution is 5.93. The highest BCUT2D eigenvalue weighted by Gasteiger charge is 2.21. The number of nitrogens with one attached hydrogen (secondary N) is 1. The number of hydrogen-bond donors (Lipinski definition) is 1. The molecule has 0 spiro atoms. The number of methoxy groups -OCH3 is 1. The minimum Gasteiger partial charge on any atom is -0.494 e. The van der Waals surface area contributed by atoms with E-state index in [1.165, 1.54) is 6.42 Å². The number of carbonyl (C=O) groups excluding carboxylic acids is 1. The third-order valence-corrected chi connectivity index (χ3v) is 4.28. The lowest BCUT2D eigenvalue weighted by Gasteiger charge is -2.21. The Morgan fingerprint density at radius 2 is 2.09 bits per heavy atom. The van der Waals surface area contributed by atoms with E-state index in [0.29, 0.717) is 17.3 Å². The van der Waals surface area contributed by atoms with Gasteiger partial charge in [-0.1, -0.05) is 19.3 Å². The van der Waals surface area contributed by atoms with E-state index in [4.69, 9.17) is 4.74 Å². The van der Waals surface area contributed by atoms with Crippen molar-refractivity contribution in [3.8, 4) is 11.4 Å². The third-order valence-electron chi connectivity index (χ3n) is 4.28. The van der Waals surface area contributed by atoms with Crippen molar-refractivity contribution in [2.45, 2.75) is 39.0 Å². The Bertz CT molecular complexity index is 692. The van der Waals surface area contributed by atoms with Crippen LogP contribution in [0.3, 0.4) is 0 Å². The number of anilines is 1. The van der Waals surface area contributed by atoms with Gasteiger partial charge in [0.25, 0.3) is 0 Å². The SMILES string of the molecule is COc1ccc(NC(=O)C2CCCCC2)cc1-n1nnnc1C. The summed E-state index contributed by atoms with van der Waals surface area (Å²) in [7, 11) is 1.60. The maximum atomic E-state index is 12.4. The fourth-order valence-electron chi connectivity index (χ4n) is 3.00. The van der Waals surface area contributed by atoms with Crippen LogP contribution in [0.5, 0.6) is 5.75 Å². The summed E-state index contributed by atoms with van der Waals surface area (Å²) in [5, 5.41) is 14.5. The lowest BCUT2D eigenvalue weighted by atomic mass is 9.88. The van der Waals surface area contributed by atoms with Gasteiger partial charge in [-0.2, -0.15) is 4.68 Å². The molecule has 1 fully saturated rings. The van der Waals surface area contributed by atoms with Gasteiger partial charge >= 0.3 is 0 Å². The van der Waals surface area contributed by atoms with Gasteiger partial charge in [-0.25, -0.2) is 0 Å². The fourth-order valence-corrected chi connectivity index (χ4v) is 3.00. The molecule has 23 heavy (non-hydrogen) atoms. The summed E-state index contributed by atoms with van der Waals surface area (Å²) in [6.07, 6.45) is 5.45. The fraction of sp³-hybridized carbons (Fsp3) is 0.500. The van der Waals surface area contributed by atoms with E-state index >= 15 is 0 Å². The summed E-state index contributed by atoms with van der Waals surface area (Å²) in [5.41, 5.74) is 1.43. The summed E-state index contributed by atoms with van der Waals surface area (Å²) >= 11 is 0. The summed E-state index contributed by atoms with van der Waals surface area (Å²) in [6.45, 7) is 1.81. The Morgan fingerprint density at radius 1 is 1.30 bits per heavy atom. The van der Waals surface area contributed by atoms with Crippen LogP contribution in [0.4, 0.5) is 5.69 Å². The molecule has 0 unspecified atom stereocenters. The quantitative estimate of drug-likeness (QED) is 0.937. The van der Waals surface area contributed by atoms with Gasteiger partial charge < -0.3 is 10.1 Å². The average molecular weight is 315 g/mol. The molecule has 0 bridgehead atoms. The number of carbonyl (C=O) groups is 1. The van der Waals surface area contributed by atoms with Crippen LogP contribution in [0.1, 0.15) is 37.9 Å². The van der Waals surface area contributed by atoms with Crippen LogP contribution < -0.4 is 10.1 Å². The smallest absolute Gasteiger partial charge is 0.227 e. The molecule has 1 aromatic carbocycles. The summed E-state index contributed by atoms with van der Waals surface area (Å²) in [4.78, 5) is 12.4. The largest absolute Gasteiger partial charge is 0.494 e. The van der Waals surface area contributed by atoms with E-state index < -0.39 is 0 Å². The molecule has 1 aliphatic rings. The standard InChI is InChI=1S/C16H21N5O2/c1-11-18-19-20-21(11)14-10-13(8-9-15(14)23-2)17-16(22)12-6-4-3-5-7-12/h8-10,12H,3-7H2,1-2H3,(H,17,22). The van der Waals surface area contributed by atoms with Crippen molar-refractivity contribution < 1.29 is 9.53 Å². The second kappa shape index (κ2) is 6.76. The van der Waals surface area contributed by atoms with E-state index in [0.717, 1.165) is 31.4 Å². The van der Waals surface area contributed by atoms with Crippen LogP contribution in [0.2, 0.25) is 0 Å². The van der Waals surface area contributed by atoms with Crippen LogP contribution in [0.25, 0.3) is 5.69 Å². The van der Waals surface area contributed by atoms with Crippen molar-refractivity contribution in [1.29, 1.82) is 0 Å². The molecule has 1 amide bonds. The molecule has 0 aliphatic heterocycles. The Morgan fingerprint density at radius 3 is 2.74 bits per heavy atom. The molecular formula is C16H21N5O2. The van der Waals surface area contributed by atoms with Gasteiger partial charge in [0.15, 0.2) is 5.82 Å². The number of nitrogens with zero attached hydrogens (tertiary/aromatic N) is 4. The molecule has 1 aliphatic carbocycles. The second-order valence-corrected chi connectivity index (χ2v) is 5.85. The number of aromatic nitrogens is 4. The van der Waals surface area contributed by atoms with Crippen molar-refractivity contribution in [2.24, 2.45) is 5.92 Å². The molecule has 1 heterocycles. The first kappa shape index (κ1) is 15.5. The normalized spacial score (nSPS) is 15.4. The highest BCUT2D eigenvalue weighted by Crippen LogP contribution is 2.28. The van der Waals surface area contributed by atoms with Gasteiger partial charge in [-0.05, 0) is 48.4 Å². The van der Waals surface area contributed by atoms with E-state index in [1.807, 2.05) is 25.1 Å². The van der Waals surface area contributed by atoms with E-state index in [1.54, 1.807) is 11.8 Å². The summed E-state index contributed by atoms with van der Waals surface area (Å²) < 4.78 is 6.96. The number of rotatable bonds is 4. The number of aryl methyl sites for hydroxylation is 1. The van der Waals surface area contributed by atoms with Crippen molar-refractivity contribution in [2.75, 3.05) is 12.4 Å². The number of tetrazole rings is 1. The number of hydrogen-bond acceptors (Lipinski definition) is 5. The van der Waals surface area contributed by atoms with Crippen LogP contribution in [-0.2, 0) is 4.79 Å². The maximum absolute atomic E-state index is 12.4. The second-order valence-electron chi connectivity index (χ2n) is 5.85. The topological polar surface area (TPSA) is 81.9 Å². The molecule has 7 nitrogen and oxygen atoms in total. The van der Waals surface area contributed by atoms with E-state index in [9.17, 15) is 4.79 Å². The lowest BCUT2D eigenvalue weighted by Crippen LogP contribution is -2.24. The Labute approximate surface area is 135 Å². The molecule has 0 saturated heterocycles. The Kier molecular flexibility index (Phi) is 4.55. The monoisotopic (exact) mass is 315 g/mol. The number of amides is 1. The minimum absolute atomic E-state index is 0.0919. The molecule has 0 radical (unpaired) electrons. The van der Waals surface area contributed by atoms with Gasteiger partial charge in [0.05, 0.1) is 7.11 Å². The van der Waals surface area contributed by atoms with Crippen molar-refractivity contribution >= 4 is 11.6 Å². The molecule has 0 atom stereocenters. The molecule has 1 saturated carbocycles. The van der Waals surface area contributed by atoms with Crippen molar-refractivity contribution in [3.63, 3.8) is 0 Å². The number of benzene rings is 1. The van der Waals surface area contributed by atoms with E-state index in [-0.39, 0.29) is 11.8 Å².